The fraction of sp³-hybridized carbons (Fsp3) is 0.492. The number of nitrogens with zero attached hydrogens (tertiary/aromatic N) is 9. The molecule has 2 amide bonds. The minimum absolute atomic E-state index is 0.0490. The topological polar surface area (TPSA) is 178 Å². The molecule has 5 aliphatic heterocycles. The number of rotatable bonds is 17. The van der Waals surface area contributed by atoms with Crippen LogP contribution in [-0.4, -0.2) is 129 Å². The number of pyridine rings is 1. The van der Waals surface area contributed by atoms with Crippen molar-refractivity contribution in [3.8, 4) is 33.5 Å². The largest absolute Gasteiger partial charge is 0.508 e. The van der Waals surface area contributed by atoms with Gasteiger partial charge in [0.25, 0.3) is 0 Å². The molecular formula is C61H72FN11O5S. The lowest BCUT2D eigenvalue weighted by atomic mass is 9.83. The number of hydrogen-bond donors (Lipinski definition) is 3. The van der Waals surface area contributed by atoms with Crippen molar-refractivity contribution in [3.05, 3.63) is 101 Å². The summed E-state index contributed by atoms with van der Waals surface area (Å²) in [6, 6.07) is 19.5. The summed E-state index contributed by atoms with van der Waals surface area (Å²) in [5.41, 5.74) is 6.85. The maximum absolute atomic E-state index is 17.1. The molecule has 16 nitrogen and oxygen atoms in total. The number of benzene rings is 3. The Balaban J connectivity index is 0.636. The molecule has 79 heavy (non-hydrogen) atoms. The number of phenols is 1. The Hall–Kier alpha value is -6.76. The Kier molecular flexibility index (Phi) is 15.0. The van der Waals surface area contributed by atoms with E-state index >= 15 is 4.39 Å². The van der Waals surface area contributed by atoms with Gasteiger partial charge in [-0.05, 0) is 123 Å². The minimum atomic E-state index is -0.557. The highest BCUT2D eigenvalue weighted by Gasteiger charge is 2.41. The normalized spacial score (nSPS) is 20.8. The van der Waals surface area contributed by atoms with Crippen molar-refractivity contribution < 1.29 is 28.3 Å². The Labute approximate surface area is 465 Å². The lowest BCUT2D eigenvalue weighted by molar-refractivity contribution is -0.141. The summed E-state index contributed by atoms with van der Waals surface area (Å²) in [6.45, 7) is 17.0. The summed E-state index contributed by atoms with van der Waals surface area (Å²) in [7, 11) is 0. The van der Waals surface area contributed by atoms with Gasteiger partial charge in [-0.2, -0.15) is 9.97 Å². The molecule has 5 aliphatic rings. The Morgan fingerprint density at radius 3 is 2.44 bits per heavy atom. The van der Waals surface area contributed by atoms with Gasteiger partial charge in [-0.1, -0.05) is 68.4 Å². The van der Waals surface area contributed by atoms with Crippen molar-refractivity contribution in [1.82, 2.24) is 45.5 Å². The molecule has 2 unspecified atom stereocenters. The van der Waals surface area contributed by atoms with Crippen LogP contribution in [0, 0.1) is 30.5 Å². The molecule has 12 rings (SSSR count). The van der Waals surface area contributed by atoms with Gasteiger partial charge >= 0.3 is 6.01 Å². The van der Waals surface area contributed by atoms with Crippen LogP contribution in [0.15, 0.2) is 76.9 Å². The fourth-order valence-electron chi connectivity index (χ4n) is 13.3. The molecule has 3 aromatic carbocycles. The lowest BCUT2D eigenvalue weighted by Gasteiger charge is -2.42. The zero-order chi connectivity index (χ0) is 54.5. The second-order valence-corrected chi connectivity index (χ2v) is 24.0. The van der Waals surface area contributed by atoms with E-state index in [1.165, 1.54) is 0 Å². The van der Waals surface area contributed by atoms with Crippen LogP contribution < -0.4 is 25.2 Å². The highest BCUT2D eigenvalue weighted by atomic mass is 32.1. The first-order valence-corrected chi connectivity index (χ1v) is 29.5. The molecule has 0 saturated carbocycles. The number of amides is 2. The number of halogens is 1. The van der Waals surface area contributed by atoms with Crippen LogP contribution in [-0.2, 0) is 16.0 Å². The number of carbonyl (C=O) groups is 2. The monoisotopic (exact) mass is 1090 g/mol. The summed E-state index contributed by atoms with van der Waals surface area (Å²) < 4.78 is 29.4. The number of anilines is 2. The van der Waals surface area contributed by atoms with Gasteiger partial charge in [-0.15, -0.1) is 11.3 Å². The number of aryl methyl sites for hydroxylation is 2. The van der Waals surface area contributed by atoms with E-state index in [-0.39, 0.29) is 46.7 Å². The quantitative estimate of drug-likeness (QED) is 0.0785. The first kappa shape index (κ1) is 52.9. The molecule has 0 aliphatic carbocycles. The van der Waals surface area contributed by atoms with Gasteiger partial charge in [0.05, 0.1) is 27.5 Å². The van der Waals surface area contributed by atoms with Crippen molar-refractivity contribution >= 4 is 56.5 Å². The van der Waals surface area contributed by atoms with Crippen molar-refractivity contribution in [3.63, 3.8) is 0 Å². The number of thiazole rings is 1. The van der Waals surface area contributed by atoms with E-state index in [1.807, 2.05) is 57.5 Å². The molecule has 5 fully saturated rings. The molecule has 18 heteroatoms. The van der Waals surface area contributed by atoms with Gasteiger partial charge in [0.15, 0.2) is 17.4 Å². The van der Waals surface area contributed by atoms with Gasteiger partial charge in [0.1, 0.15) is 41.3 Å². The number of nitrogens with one attached hydrogen (secondary N) is 2. The van der Waals surface area contributed by atoms with Crippen LogP contribution >= 0.6 is 11.3 Å². The smallest absolute Gasteiger partial charge is 0.319 e. The second kappa shape index (κ2) is 22.4. The number of ether oxygens (including phenoxy) is 1. The number of carbonyl (C=O) groups excluding carboxylic acids is 2. The molecule has 0 spiro atoms. The number of likely N-dealkylation sites (tertiary alicyclic amines) is 2. The fourth-order valence-corrected chi connectivity index (χ4v) is 14.1. The standard InChI is InChI=1S/C61H72FN11O5S/c1-6-40-9-7-10-43-26-46(74)27-47(53(40)43)55-54(62)56-48(29-63-55)58(72-32-44-16-17-45(33-72)66-44)68-61(67-56)77-24-23-70-30-39(31-70)25-38-18-21-71(22-19-38)51-28-50(78-69-51)52(35(2)3)60(76)73-20-8-11-49(73)59(75)65-36(4)41-12-14-42(15-13-41)57-37(5)64-34-79-57/h7,9-10,12-15,26-29,34-36,38-39,44-45,49,52,66,74H,6,8,11,16-25,30-33H2,1-5H3,(H,65,75)/t36-,44?,45?,49-,52-/m0/s1. The number of fused-ring (bicyclic) bond motifs is 4. The summed E-state index contributed by atoms with van der Waals surface area (Å²) in [4.78, 5) is 56.8. The predicted octanol–water partition coefficient (Wildman–Crippen LogP) is 9.84. The highest BCUT2D eigenvalue weighted by Crippen LogP contribution is 2.40. The maximum Gasteiger partial charge on any atom is 0.319 e. The first-order valence-electron chi connectivity index (χ1n) is 28.7. The van der Waals surface area contributed by atoms with Gasteiger partial charge in [-0.3, -0.25) is 19.5 Å². The molecule has 0 radical (unpaired) electrons. The van der Waals surface area contributed by atoms with Crippen LogP contribution in [0.2, 0.25) is 0 Å². The first-order chi connectivity index (χ1) is 38.3. The zero-order valence-corrected chi connectivity index (χ0v) is 46.8. The Morgan fingerprint density at radius 2 is 1.71 bits per heavy atom. The number of phenolic OH excluding ortho intramolecular Hbond substituents is 1. The van der Waals surface area contributed by atoms with Crippen LogP contribution in [0.3, 0.4) is 0 Å². The molecule has 9 heterocycles. The Morgan fingerprint density at radius 1 is 0.924 bits per heavy atom. The van der Waals surface area contributed by atoms with Crippen LogP contribution in [0.4, 0.5) is 16.0 Å². The number of hydrogen-bond acceptors (Lipinski definition) is 15. The zero-order valence-electron chi connectivity index (χ0n) is 46.0. The second-order valence-electron chi connectivity index (χ2n) is 23.2. The molecule has 5 atom stereocenters. The van der Waals surface area contributed by atoms with Gasteiger partial charge in [0.2, 0.25) is 11.8 Å². The summed E-state index contributed by atoms with van der Waals surface area (Å²) in [6.07, 6.45) is 9.27. The molecule has 4 aromatic heterocycles. The van der Waals surface area contributed by atoms with Crippen molar-refractivity contribution in [1.29, 1.82) is 0 Å². The maximum atomic E-state index is 17.1. The van der Waals surface area contributed by atoms with Crippen LogP contribution in [0.1, 0.15) is 107 Å². The van der Waals surface area contributed by atoms with Crippen molar-refractivity contribution in [2.75, 3.05) is 68.8 Å². The van der Waals surface area contributed by atoms with E-state index in [9.17, 15) is 14.7 Å². The number of piperazine rings is 1. The summed E-state index contributed by atoms with van der Waals surface area (Å²) in [5, 5.41) is 24.4. The van der Waals surface area contributed by atoms with E-state index in [0.717, 1.165) is 128 Å². The summed E-state index contributed by atoms with van der Waals surface area (Å²) in [5.74, 6) is 1.82. The van der Waals surface area contributed by atoms with Crippen LogP contribution in [0.25, 0.3) is 43.4 Å². The van der Waals surface area contributed by atoms with Gasteiger partial charge in [0, 0.05) is 82.3 Å². The van der Waals surface area contributed by atoms with Gasteiger partial charge < -0.3 is 39.7 Å². The Bertz CT molecular complexity index is 3340. The average molecular weight is 1090 g/mol. The average Bonchev–Trinajstić information content (AvgIpc) is 4.30. The van der Waals surface area contributed by atoms with Gasteiger partial charge in [-0.25, -0.2) is 9.37 Å². The molecule has 414 valence electrons. The third kappa shape index (κ3) is 10.8. The highest BCUT2D eigenvalue weighted by molar-refractivity contribution is 7.13. The number of piperidine rings is 1. The van der Waals surface area contributed by atoms with E-state index in [1.54, 1.807) is 34.6 Å². The van der Waals surface area contributed by atoms with E-state index in [4.69, 9.17) is 24.2 Å². The third-order valence-corrected chi connectivity index (χ3v) is 18.5. The molecule has 3 N–H and O–H groups in total. The number of aromatic hydroxyl groups is 1. The SMILES string of the molecule is CCc1cccc2cc(O)cc(-c3ncc4c(N5CC6CCC(C5)N6)nc(OCCN5CC(CC6CCN(c7cc([C@@H](C(=O)N8CCC[C@H]8C(=O)N[C@@H](C)c8ccc(-c9scnc9C)cc8)C(C)C)on7)CC6)C5)nc4c3F)c12. The van der Waals surface area contributed by atoms with E-state index in [2.05, 4.69) is 66.7 Å². The molecule has 2 bridgehead atoms. The van der Waals surface area contributed by atoms with Crippen molar-refractivity contribution in [2.24, 2.45) is 17.8 Å². The molecular weight excluding hydrogens is 1020 g/mol. The minimum Gasteiger partial charge on any atom is -0.508 e. The predicted molar refractivity (Wildman–Crippen MR) is 306 cm³/mol. The summed E-state index contributed by atoms with van der Waals surface area (Å²) >= 11 is 1.62. The van der Waals surface area contributed by atoms with Crippen LogP contribution in [0.5, 0.6) is 11.8 Å². The van der Waals surface area contributed by atoms with E-state index in [0.29, 0.717) is 72.6 Å². The number of aromatic nitrogens is 5. The van der Waals surface area contributed by atoms with E-state index < -0.39 is 17.8 Å². The van der Waals surface area contributed by atoms with Crippen molar-refractivity contribution in [2.45, 2.75) is 116 Å². The molecule has 5 saturated heterocycles. The third-order valence-electron chi connectivity index (χ3n) is 17.5. The lowest BCUT2D eigenvalue weighted by Crippen LogP contribution is -2.51. The molecule has 7 aromatic rings.